The Morgan fingerprint density at radius 2 is 1.78 bits per heavy atom. The van der Waals surface area contributed by atoms with Crippen molar-refractivity contribution < 1.29 is 9.90 Å². The Labute approximate surface area is 67.0 Å². The van der Waals surface area contributed by atoms with Crippen LogP contribution in [0.15, 0.2) is 12.2 Å². The number of carbonyl (C=O) groups is 1. The van der Waals surface area contributed by atoms with Gasteiger partial charge in [0.25, 0.3) is 0 Å². The fraction of sp³-hybridized carbons (Fsp3) is 0.250. The molecule has 9 heavy (non-hydrogen) atoms. The molecule has 0 aliphatic carbocycles. The number of rotatable bonds is 1. The van der Waals surface area contributed by atoms with Crippen LogP contribution in [0.2, 0.25) is 0 Å². The van der Waals surface area contributed by atoms with Crippen molar-refractivity contribution in [3.05, 3.63) is 12.2 Å². The normalized spacial score (nSPS) is 11.0. The van der Waals surface area contributed by atoms with Crippen LogP contribution in [0.4, 0.5) is 0 Å². The molecule has 52 valence electrons. The molecule has 0 bridgehead atoms. The molecule has 0 aromatic rings. The fourth-order valence-electron chi connectivity index (χ4n) is 0.121. The summed E-state index contributed by atoms with van der Waals surface area (Å²) >= 11 is 15.4. The molecule has 0 heterocycles. The predicted octanol–water partition coefficient (Wildman–Crippen LogP) is 2.00. The van der Waals surface area contributed by atoms with E-state index in [1.807, 2.05) is 0 Å². The monoisotopic (exact) mass is 188 g/mol. The lowest BCUT2D eigenvalue weighted by Crippen LogP contribution is -2.14. The Hall–Kier alpha value is 0.0800. The third-order valence-corrected chi connectivity index (χ3v) is 1.28. The summed E-state index contributed by atoms with van der Waals surface area (Å²) in [6.07, 6.45) is 0. The van der Waals surface area contributed by atoms with Crippen LogP contribution in [0.3, 0.4) is 0 Å². The summed E-state index contributed by atoms with van der Waals surface area (Å²) < 4.78 is -1.90. The predicted molar refractivity (Wildman–Crippen MR) is 37.1 cm³/mol. The van der Waals surface area contributed by atoms with E-state index in [9.17, 15) is 4.79 Å². The lowest BCUT2D eigenvalue weighted by atomic mass is 10.3. The van der Waals surface area contributed by atoms with Gasteiger partial charge in [-0.05, 0) is 0 Å². The van der Waals surface area contributed by atoms with E-state index < -0.39 is 15.3 Å². The minimum Gasteiger partial charge on any atom is -0.478 e. The van der Waals surface area contributed by atoms with Gasteiger partial charge in [0.15, 0.2) is 0 Å². The van der Waals surface area contributed by atoms with Crippen molar-refractivity contribution in [3.8, 4) is 0 Å². The molecule has 0 atom stereocenters. The average Bonchev–Trinajstić information content (AvgIpc) is 1.62. The first kappa shape index (κ1) is 9.08. The SMILES string of the molecule is C=C(C(=O)O)C(Cl)(Cl)Cl. The van der Waals surface area contributed by atoms with Gasteiger partial charge < -0.3 is 5.11 Å². The first-order chi connectivity index (χ1) is 3.85. The molecule has 0 fully saturated rings. The Morgan fingerprint density at radius 3 is 1.78 bits per heavy atom. The van der Waals surface area contributed by atoms with Gasteiger partial charge >= 0.3 is 5.97 Å². The summed E-state index contributed by atoms with van der Waals surface area (Å²) in [5.41, 5.74) is -0.451. The van der Waals surface area contributed by atoms with Gasteiger partial charge in [0.1, 0.15) is 0 Å². The molecule has 0 saturated carbocycles. The molecule has 0 amide bonds. The number of halogens is 3. The van der Waals surface area contributed by atoms with E-state index in [1.54, 1.807) is 0 Å². The molecule has 0 rings (SSSR count). The maximum absolute atomic E-state index is 9.99. The van der Waals surface area contributed by atoms with Gasteiger partial charge in [0.2, 0.25) is 3.79 Å². The zero-order chi connectivity index (χ0) is 7.65. The first-order valence-electron chi connectivity index (χ1n) is 1.85. The van der Waals surface area contributed by atoms with E-state index in [4.69, 9.17) is 39.9 Å². The van der Waals surface area contributed by atoms with Crippen molar-refractivity contribution >= 4 is 40.8 Å². The zero-order valence-corrected chi connectivity index (χ0v) is 6.46. The highest BCUT2D eigenvalue weighted by Gasteiger charge is 2.29. The lowest BCUT2D eigenvalue weighted by Gasteiger charge is -2.08. The largest absolute Gasteiger partial charge is 0.478 e. The van der Waals surface area contributed by atoms with Gasteiger partial charge in [0.05, 0.1) is 5.57 Å². The second-order valence-electron chi connectivity index (χ2n) is 1.28. The van der Waals surface area contributed by atoms with E-state index >= 15 is 0 Å². The number of hydrogen-bond acceptors (Lipinski definition) is 1. The Kier molecular flexibility index (Phi) is 2.80. The van der Waals surface area contributed by atoms with E-state index in [2.05, 4.69) is 6.58 Å². The Morgan fingerprint density at radius 1 is 1.44 bits per heavy atom. The van der Waals surface area contributed by atoms with Crippen molar-refractivity contribution in [3.63, 3.8) is 0 Å². The van der Waals surface area contributed by atoms with Crippen molar-refractivity contribution in [2.75, 3.05) is 0 Å². The van der Waals surface area contributed by atoms with Crippen LogP contribution < -0.4 is 0 Å². The highest BCUT2D eigenvalue weighted by molar-refractivity contribution is 6.70. The molecule has 0 saturated heterocycles. The molecule has 0 aromatic carbocycles. The maximum atomic E-state index is 9.99. The van der Waals surface area contributed by atoms with Gasteiger partial charge in [0, 0.05) is 0 Å². The third kappa shape index (κ3) is 2.94. The second-order valence-corrected chi connectivity index (χ2v) is 3.56. The standard InChI is InChI=1S/C4H3Cl3O2/c1-2(3(8)9)4(5,6)7/h1H2,(H,8,9). The number of carboxylic acid groups (broad SMARTS) is 1. The molecule has 0 aromatic heterocycles. The van der Waals surface area contributed by atoms with Gasteiger partial charge in [-0.25, -0.2) is 4.79 Å². The third-order valence-electron chi connectivity index (χ3n) is 0.600. The molecule has 0 aliphatic rings. The highest BCUT2D eigenvalue weighted by atomic mass is 35.6. The van der Waals surface area contributed by atoms with Gasteiger partial charge in [-0.1, -0.05) is 41.4 Å². The molecule has 0 radical (unpaired) electrons. The Bertz CT molecular complexity index is 146. The summed E-state index contributed by atoms with van der Waals surface area (Å²) in [6.45, 7) is 3.03. The molecule has 2 nitrogen and oxygen atoms in total. The second kappa shape index (κ2) is 2.78. The summed E-state index contributed by atoms with van der Waals surface area (Å²) in [5, 5.41) is 8.16. The molecule has 0 unspecified atom stereocenters. The molecule has 0 spiro atoms. The molecule has 1 N–H and O–H groups in total. The van der Waals surface area contributed by atoms with Gasteiger partial charge in [-0.3, -0.25) is 0 Å². The topological polar surface area (TPSA) is 37.3 Å². The van der Waals surface area contributed by atoms with Crippen LogP contribution >= 0.6 is 34.8 Å². The molecule has 5 heteroatoms. The van der Waals surface area contributed by atoms with Gasteiger partial charge in [-0.15, -0.1) is 0 Å². The summed E-state index contributed by atoms with van der Waals surface area (Å²) in [4.78, 5) is 9.99. The zero-order valence-electron chi connectivity index (χ0n) is 4.20. The average molecular weight is 189 g/mol. The molecular formula is C4H3Cl3O2. The summed E-state index contributed by atoms with van der Waals surface area (Å²) in [7, 11) is 0. The van der Waals surface area contributed by atoms with Crippen molar-refractivity contribution in [2.45, 2.75) is 3.79 Å². The first-order valence-corrected chi connectivity index (χ1v) is 2.98. The smallest absolute Gasteiger partial charge is 0.335 e. The fourth-order valence-corrected chi connectivity index (χ4v) is 0.364. The summed E-state index contributed by atoms with van der Waals surface area (Å²) in [6, 6.07) is 0. The maximum Gasteiger partial charge on any atom is 0.335 e. The van der Waals surface area contributed by atoms with E-state index in [1.165, 1.54) is 0 Å². The quantitative estimate of drug-likeness (QED) is 0.506. The van der Waals surface area contributed by atoms with Crippen LogP contribution in [0.5, 0.6) is 0 Å². The minimum absolute atomic E-state index is 0.451. The number of alkyl halides is 3. The van der Waals surface area contributed by atoms with E-state index in [0.29, 0.717) is 0 Å². The van der Waals surface area contributed by atoms with Crippen LogP contribution in [-0.4, -0.2) is 14.9 Å². The number of hydrogen-bond donors (Lipinski definition) is 1. The minimum atomic E-state index is -1.90. The van der Waals surface area contributed by atoms with E-state index in [-0.39, 0.29) is 0 Å². The highest BCUT2D eigenvalue weighted by Crippen LogP contribution is 2.33. The van der Waals surface area contributed by atoms with E-state index in [0.717, 1.165) is 0 Å². The van der Waals surface area contributed by atoms with Crippen LogP contribution in [0.25, 0.3) is 0 Å². The lowest BCUT2D eigenvalue weighted by molar-refractivity contribution is -0.132. The number of carboxylic acids is 1. The summed E-state index contributed by atoms with van der Waals surface area (Å²) in [5.74, 6) is -1.31. The van der Waals surface area contributed by atoms with Crippen LogP contribution in [-0.2, 0) is 4.79 Å². The molecule has 0 aliphatic heterocycles. The molecular weight excluding hydrogens is 186 g/mol. The van der Waals surface area contributed by atoms with Crippen molar-refractivity contribution in [1.29, 1.82) is 0 Å². The van der Waals surface area contributed by atoms with Gasteiger partial charge in [-0.2, -0.15) is 0 Å². The Balaban J connectivity index is 4.23. The van der Waals surface area contributed by atoms with Crippen molar-refractivity contribution in [1.82, 2.24) is 0 Å². The van der Waals surface area contributed by atoms with Crippen LogP contribution in [0.1, 0.15) is 0 Å². The van der Waals surface area contributed by atoms with Crippen molar-refractivity contribution in [2.24, 2.45) is 0 Å². The van der Waals surface area contributed by atoms with Crippen LogP contribution in [0, 0.1) is 0 Å². The number of aliphatic carboxylic acids is 1.